The number of Topliss-reactive ketones (excluding diaryl/α,β-unsaturated/α-hetero) is 1. The molecule has 0 amide bonds. The Bertz CT molecular complexity index is 1190. The molecule has 230 valence electrons. The number of alkyl halides is 1. The first-order valence-electron chi connectivity index (χ1n) is 16.1. The van der Waals surface area contributed by atoms with Gasteiger partial charge in [-0.05, 0) is 103 Å². The summed E-state index contributed by atoms with van der Waals surface area (Å²) in [5.74, 6) is 0.696. The summed E-state index contributed by atoms with van der Waals surface area (Å²) < 4.78 is 40.8. The lowest BCUT2D eigenvalue weighted by atomic mass is 9.41. The molecule has 4 aliphatic carbocycles. The first-order valence-corrected chi connectivity index (χ1v) is 17.8. The Balaban J connectivity index is 1.24. The molecule has 0 aliphatic heterocycles. The van der Waals surface area contributed by atoms with E-state index in [2.05, 4.69) is 27.7 Å². The zero-order valence-electron chi connectivity index (χ0n) is 25.3. The van der Waals surface area contributed by atoms with E-state index < -0.39 is 34.0 Å². The van der Waals surface area contributed by atoms with Crippen molar-refractivity contribution in [3.8, 4) is 0 Å². The maximum Gasteiger partial charge on any atom is 0.185 e. The third kappa shape index (κ3) is 5.35. The van der Waals surface area contributed by atoms with Crippen LogP contribution in [0.5, 0.6) is 0 Å². The maximum atomic E-state index is 15.6. The van der Waals surface area contributed by atoms with E-state index in [0.29, 0.717) is 30.6 Å². The Hall–Kier alpha value is -1.31. The van der Waals surface area contributed by atoms with Crippen LogP contribution in [0.15, 0.2) is 35.2 Å². The Kier molecular flexibility index (Phi) is 8.84. The minimum atomic E-state index is -3.61. The van der Waals surface area contributed by atoms with Crippen molar-refractivity contribution in [3.05, 3.63) is 30.3 Å². The first-order chi connectivity index (χ1) is 19.3. The fourth-order valence-corrected chi connectivity index (χ4v) is 12.1. The molecule has 41 heavy (non-hydrogen) atoms. The second-order valence-electron chi connectivity index (χ2n) is 14.6. The first kappa shape index (κ1) is 31.1. The molecule has 0 radical (unpaired) electrons. The Morgan fingerprint density at radius 2 is 1.68 bits per heavy atom. The van der Waals surface area contributed by atoms with Crippen LogP contribution >= 0.6 is 0 Å². The van der Waals surface area contributed by atoms with Gasteiger partial charge in [-0.1, -0.05) is 58.7 Å². The highest BCUT2D eigenvalue weighted by atomic mass is 32.2. The van der Waals surface area contributed by atoms with Crippen LogP contribution in [-0.4, -0.2) is 48.5 Å². The van der Waals surface area contributed by atoms with Gasteiger partial charge in [0.15, 0.2) is 9.84 Å². The fourth-order valence-electron chi connectivity index (χ4n) is 10.8. The molecule has 1 aromatic rings. The van der Waals surface area contributed by atoms with Crippen molar-refractivity contribution < 1.29 is 27.8 Å². The van der Waals surface area contributed by atoms with Crippen molar-refractivity contribution in [3.63, 3.8) is 0 Å². The summed E-state index contributed by atoms with van der Waals surface area (Å²) in [5.41, 5.74) is -0.0816. The summed E-state index contributed by atoms with van der Waals surface area (Å²) in [7, 11) is -3.61. The van der Waals surface area contributed by atoms with Gasteiger partial charge in [0.25, 0.3) is 0 Å². The van der Waals surface area contributed by atoms with E-state index in [1.54, 1.807) is 18.2 Å². The molecule has 1 aromatic carbocycles. The number of hydrogen-bond donors (Lipinski definition) is 2. The van der Waals surface area contributed by atoms with Crippen molar-refractivity contribution in [1.29, 1.82) is 0 Å². The second-order valence-corrected chi connectivity index (χ2v) is 16.6. The molecular formula is C34H51FO5S. The van der Waals surface area contributed by atoms with Crippen LogP contribution < -0.4 is 0 Å². The van der Waals surface area contributed by atoms with E-state index in [1.165, 1.54) is 12.1 Å². The third-order valence-electron chi connectivity index (χ3n) is 12.7. The molecule has 4 aliphatic rings. The summed E-state index contributed by atoms with van der Waals surface area (Å²) in [6.45, 7) is 9.03. The standard InChI is InChI=1S/C34H51FO5S/c1-5-24-30-31(35)28(37)17-19-34(30,4)27-16-18-33(3)25(14-15-26(33)29(27)32(24)38)21(2)10-9-11-22(36)20-41(39,40)23-12-7-6-8-13-23/h6-8,12-13,21,24-32,37-38H,5,9-11,14-20H2,1-4H3/t21-,24-,25?,26?,27?,28-,29?,30-,31+,32?,33-,34-/m1/s1. The number of rotatable bonds is 9. The van der Waals surface area contributed by atoms with Crippen LogP contribution in [0.3, 0.4) is 0 Å². The smallest absolute Gasteiger partial charge is 0.185 e. The molecule has 0 heterocycles. The van der Waals surface area contributed by atoms with Gasteiger partial charge in [0.2, 0.25) is 0 Å². The van der Waals surface area contributed by atoms with E-state index in [-0.39, 0.29) is 51.6 Å². The van der Waals surface area contributed by atoms with Gasteiger partial charge in [0.1, 0.15) is 17.7 Å². The van der Waals surface area contributed by atoms with Crippen LogP contribution in [-0.2, 0) is 14.6 Å². The molecule has 7 heteroatoms. The van der Waals surface area contributed by atoms with Gasteiger partial charge in [-0.3, -0.25) is 4.79 Å². The lowest BCUT2D eigenvalue weighted by Crippen LogP contribution is -2.65. The number of aliphatic hydroxyl groups is 2. The number of hydrogen-bond acceptors (Lipinski definition) is 5. The highest BCUT2D eigenvalue weighted by Gasteiger charge is 2.66. The van der Waals surface area contributed by atoms with Crippen LogP contribution in [0.4, 0.5) is 4.39 Å². The predicted molar refractivity (Wildman–Crippen MR) is 159 cm³/mol. The molecule has 0 bridgehead atoms. The van der Waals surface area contributed by atoms with Crippen LogP contribution in [0.2, 0.25) is 0 Å². The minimum Gasteiger partial charge on any atom is -0.393 e. The Morgan fingerprint density at radius 3 is 2.37 bits per heavy atom. The lowest BCUT2D eigenvalue weighted by Gasteiger charge is -2.65. The summed E-state index contributed by atoms with van der Waals surface area (Å²) in [6.07, 6.45) is 5.49. The largest absolute Gasteiger partial charge is 0.393 e. The van der Waals surface area contributed by atoms with Crippen molar-refractivity contribution in [1.82, 2.24) is 0 Å². The van der Waals surface area contributed by atoms with Gasteiger partial charge >= 0.3 is 0 Å². The summed E-state index contributed by atoms with van der Waals surface area (Å²) in [6, 6.07) is 8.18. The fraction of sp³-hybridized carbons (Fsp3) is 0.794. The normalized spacial score (nSPS) is 43.0. The summed E-state index contributed by atoms with van der Waals surface area (Å²) >= 11 is 0. The van der Waals surface area contributed by atoms with Gasteiger partial charge in [0, 0.05) is 12.3 Å². The van der Waals surface area contributed by atoms with E-state index in [4.69, 9.17) is 0 Å². The molecule has 0 aromatic heterocycles. The Morgan fingerprint density at radius 1 is 1.02 bits per heavy atom. The molecule has 4 fully saturated rings. The average Bonchev–Trinajstić information content (AvgIpc) is 3.29. The zero-order valence-corrected chi connectivity index (χ0v) is 26.2. The number of benzene rings is 1. The van der Waals surface area contributed by atoms with Crippen molar-refractivity contribution in [2.45, 2.75) is 115 Å². The number of aliphatic hydroxyl groups excluding tert-OH is 2. The van der Waals surface area contributed by atoms with Crippen LogP contribution in [0.1, 0.15) is 91.9 Å². The SMILES string of the molecule is CC[C@H]1C(O)C2C3CCC([C@H](C)CCCC(=O)CS(=O)(=O)c4ccccc4)[C@@]3(C)CCC2[C@@]2(C)CC[C@@H](O)[C@H](F)[C@@H]12. The lowest BCUT2D eigenvalue weighted by molar-refractivity contribution is -0.222. The maximum absolute atomic E-state index is 15.6. The average molecular weight is 591 g/mol. The molecule has 4 saturated carbocycles. The Labute approximate surface area is 246 Å². The van der Waals surface area contributed by atoms with Crippen molar-refractivity contribution >= 4 is 15.6 Å². The zero-order chi connectivity index (χ0) is 29.7. The summed E-state index contributed by atoms with van der Waals surface area (Å²) in [5, 5.41) is 22.3. The highest BCUT2D eigenvalue weighted by Crippen LogP contribution is 2.69. The topological polar surface area (TPSA) is 91.7 Å². The number of fused-ring (bicyclic) bond motifs is 5. The number of carbonyl (C=O) groups excluding carboxylic acids is 1. The van der Waals surface area contributed by atoms with E-state index >= 15 is 4.39 Å². The van der Waals surface area contributed by atoms with Crippen molar-refractivity contribution in [2.24, 2.45) is 52.3 Å². The van der Waals surface area contributed by atoms with Gasteiger partial charge < -0.3 is 10.2 Å². The number of sulfone groups is 1. The van der Waals surface area contributed by atoms with Gasteiger partial charge in [0.05, 0.1) is 17.1 Å². The monoisotopic (exact) mass is 590 g/mol. The minimum absolute atomic E-state index is 0.104. The second kappa shape index (κ2) is 11.6. The molecule has 0 spiro atoms. The molecule has 5 unspecified atom stereocenters. The highest BCUT2D eigenvalue weighted by molar-refractivity contribution is 7.92. The van der Waals surface area contributed by atoms with Crippen LogP contribution in [0, 0.1) is 52.3 Å². The van der Waals surface area contributed by atoms with Gasteiger partial charge in [-0.15, -0.1) is 0 Å². The number of halogens is 1. The molecule has 0 saturated heterocycles. The third-order valence-corrected chi connectivity index (χ3v) is 14.4. The number of ketones is 1. The summed E-state index contributed by atoms with van der Waals surface area (Å²) in [4.78, 5) is 12.8. The number of carbonyl (C=O) groups is 1. The molecular weight excluding hydrogens is 539 g/mol. The van der Waals surface area contributed by atoms with Gasteiger partial charge in [-0.25, -0.2) is 12.8 Å². The molecule has 5 nitrogen and oxygen atoms in total. The van der Waals surface area contributed by atoms with E-state index in [0.717, 1.165) is 44.9 Å². The van der Waals surface area contributed by atoms with E-state index in [1.807, 2.05) is 0 Å². The van der Waals surface area contributed by atoms with Gasteiger partial charge in [-0.2, -0.15) is 0 Å². The molecule has 12 atom stereocenters. The van der Waals surface area contributed by atoms with Crippen molar-refractivity contribution in [2.75, 3.05) is 5.75 Å². The van der Waals surface area contributed by atoms with Crippen LogP contribution in [0.25, 0.3) is 0 Å². The van der Waals surface area contributed by atoms with E-state index in [9.17, 15) is 23.4 Å². The molecule has 2 N–H and O–H groups in total. The quantitative estimate of drug-likeness (QED) is 0.347. The predicted octanol–water partition coefficient (Wildman–Crippen LogP) is 6.41. The molecule has 5 rings (SSSR count).